The first-order chi connectivity index (χ1) is 6.27. The van der Waals surface area contributed by atoms with Crippen molar-refractivity contribution in [1.29, 1.82) is 0 Å². The van der Waals surface area contributed by atoms with Gasteiger partial charge in [0.05, 0.1) is 0 Å². The van der Waals surface area contributed by atoms with E-state index in [9.17, 15) is 4.79 Å². The van der Waals surface area contributed by atoms with E-state index in [0.29, 0.717) is 6.04 Å². The molecule has 2 rings (SSSR count). The number of hydrogen-bond acceptors (Lipinski definition) is 2. The van der Waals surface area contributed by atoms with Crippen molar-refractivity contribution in [3.05, 3.63) is 28.7 Å². The second-order valence-electron chi connectivity index (χ2n) is 3.57. The molecule has 1 fully saturated rings. The van der Waals surface area contributed by atoms with E-state index < -0.39 is 0 Å². The zero-order valence-corrected chi connectivity index (χ0v) is 8.33. The molecule has 0 N–H and O–H groups in total. The summed E-state index contributed by atoms with van der Waals surface area (Å²) in [6.45, 7) is 0. The Hall–Kier alpha value is -0.700. The Bertz CT molecular complexity index is 352. The Morgan fingerprint density at radius 1 is 1.38 bits per heavy atom. The van der Waals surface area contributed by atoms with E-state index in [-0.39, 0.29) is 5.56 Å². The van der Waals surface area contributed by atoms with Crippen LogP contribution in [0.25, 0.3) is 0 Å². The van der Waals surface area contributed by atoms with Crippen LogP contribution in [0.15, 0.2) is 28.0 Å². The molecule has 0 amide bonds. The lowest BCUT2D eigenvalue weighted by Crippen LogP contribution is -2.21. The maximum absolute atomic E-state index is 11.5. The molecule has 0 saturated heterocycles. The highest BCUT2D eigenvalue weighted by molar-refractivity contribution is 7.80. The van der Waals surface area contributed by atoms with Crippen molar-refractivity contribution < 1.29 is 0 Å². The van der Waals surface area contributed by atoms with Gasteiger partial charge in [-0.05, 0) is 18.9 Å². The summed E-state index contributed by atoms with van der Waals surface area (Å²) < 4.78 is 1.84. The van der Waals surface area contributed by atoms with Gasteiger partial charge in [0.2, 0.25) is 0 Å². The van der Waals surface area contributed by atoms with E-state index in [0.717, 1.165) is 17.7 Å². The maximum Gasteiger partial charge on any atom is 0.251 e. The molecule has 1 heterocycles. The average Bonchev–Trinajstić information content (AvgIpc) is 2.56. The lowest BCUT2D eigenvalue weighted by molar-refractivity contribution is 0.501. The van der Waals surface area contributed by atoms with Gasteiger partial charge in [-0.2, -0.15) is 0 Å². The number of pyridine rings is 1. The molecule has 1 aliphatic carbocycles. The summed E-state index contributed by atoms with van der Waals surface area (Å²) in [5.74, 6) is 0. The first kappa shape index (κ1) is 8.88. The summed E-state index contributed by atoms with van der Waals surface area (Å²) in [5.41, 5.74) is 0.0828. The molecular weight excluding hydrogens is 182 g/mol. The minimum Gasteiger partial charge on any atom is -0.312 e. The first-order valence-corrected chi connectivity index (χ1v) is 5.13. The van der Waals surface area contributed by atoms with E-state index in [2.05, 4.69) is 12.6 Å². The smallest absolute Gasteiger partial charge is 0.251 e. The third kappa shape index (κ3) is 1.80. The second kappa shape index (κ2) is 3.58. The van der Waals surface area contributed by atoms with Crippen LogP contribution >= 0.6 is 12.6 Å². The fourth-order valence-corrected chi connectivity index (χ4v) is 2.14. The predicted octanol–water partition coefficient (Wildman–Crippen LogP) is 2.25. The number of nitrogens with zero attached hydrogens (tertiary/aromatic N) is 1. The molecule has 13 heavy (non-hydrogen) atoms. The Morgan fingerprint density at radius 3 is 2.69 bits per heavy atom. The molecule has 0 bridgehead atoms. The van der Waals surface area contributed by atoms with Crippen molar-refractivity contribution in [2.75, 3.05) is 0 Å². The van der Waals surface area contributed by atoms with Crippen molar-refractivity contribution in [2.45, 2.75) is 36.6 Å². The third-order valence-electron chi connectivity index (χ3n) is 2.65. The van der Waals surface area contributed by atoms with Crippen LogP contribution in [-0.2, 0) is 0 Å². The van der Waals surface area contributed by atoms with Crippen LogP contribution in [0.1, 0.15) is 31.7 Å². The van der Waals surface area contributed by atoms with Crippen LogP contribution in [0, 0.1) is 0 Å². The minimum atomic E-state index is 0.0828. The van der Waals surface area contributed by atoms with Gasteiger partial charge < -0.3 is 4.57 Å². The topological polar surface area (TPSA) is 22.0 Å². The van der Waals surface area contributed by atoms with Crippen LogP contribution in [-0.4, -0.2) is 4.57 Å². The molecule has 0 spiro atoms. The third-order valence-corrected chi connectivity index (χ3v) is 2.93. The summed E-state index contributed by atoms with van der Waals surface area (Å²) in [5, 5.41) is 0. The SMILES string of the molecule is O=c1cc(S)ccn1C1CCCC1. The van der Waals surface area contributed by atoms with Gasteiger partial charge in [0.1, 0.15) is 0 Å². The van der Waals surface area contributed by atoms with Crippen LogP contribution in [0.2, 0.25) is 0 Å². The van der Waals surface area contributed by atoms with Crippen LogP contribution in [0.3, 0.4) is 0 Å². The molecule has 1 aromatic heterocycles. The van der Waals surface area contributed by atoms with E-state index in [1.807, 2.05) is 16.8 Å². The molecule has 1 saturated carbocycles. The van der Waals surface area contributed by atoms with Crippen LogP contribution < -0.4 is 5.56 Å². The summed E-state index contributed by atoms with van der Waals surface area (Å²) in [6, 6.07) is 3.89. The van der Waals surface area contributed by atoms with Crippen molar-refractivity contribution in [1.82, 2.24) is 4.57 Å². The average molecular weight is 195 g/mol. The van der Waals surface area contributed by atoms with Crippen molar-refractivity contribution in [2.24, 2.45) is 0 Å². The molecule has 2 nitrogen and oxygen atoms in total. The van der Waals surface area contributed by atoms with Gasteiger partial charge >= 0.3 is 0 Å². The largest absolute Gasteiger partial charge is 0.312 e. The van der Waals surface area contributed by atoms with E-state index in [1.165, 1.54) is 12.8 Å². The fourth-order valence-electron chi connectivity index (χ4n) is 1.96. The van der Waals surface area contributed by atoms with E-state index in [1.54, 1.807) is 6.07 Å². The van der Waals surface area contributed by atoms with Gasteiger partial charge in [0, 0.05) is 23.2 Å². The molecule has 0 unspecified atom stereocenters. The first-order valence-electron chi connectivity index (χ1n) is 4.68. The summed E-state index contributed by atoms with van der Waals surface area (Å²) in [7, 11) is 0. The van der Waals surface area contributed by atoms with Gasteiger partial charge in [-0.3, -0.25) is 4.79 Å². The highest BCUT2D eigenvalue weighted by atomic mass is 32.1. The molecule has 3 heteroatoms. The van der Waals surface area contributed by atoms with Crippen LogP contribution in [0.5, 0.6) is 0 Å². The van der Waals surface area contributed by atoms with Gasteiger partial charge in [0.15, 0.2) is 0 Å². The number of aromatic nitrogens is 1. The normalized spacial score (nSPS) is 17.9. The zero-order chi connectivity index (χ0) is 9.26. The lowest BCUT2D eigenvalue weighted by atomic mass is 10.2. The number of hydrogen-bond donors (Lipinski definition) is 1. The van der Waals surface area contributed by atoms with Gasteiger partial charge in [0.25, 0.3) is 5.56 Å². The molecule has 70 valence electrons. The Kier molecular flexibility index (Phi) is 2.44. The maximum atomic E-state index is 11.5. The molecule has 0 radical (unpaired) electrons. The molecule has 0 aliphatic heterocycles. The number of thiol groups is 1. The Balaban J connectivity index is 2.34. The predicted molar refractivity (Wildman–Crippen MR) is 55.5 cm³/mol. The fraction of sp³-hybridized carbons (Fsp3) is 0.500. The van der Waals surface area contributed by atoms with Gasteiger partial charge in [-0.1, -0.05) is 12.8 Å². The van der Waals surface area contributed by atoms with Crippen molar-refractivity contribution in [3.8, 4) is 0 Å². The molecule has 1 aromatic rings. The van der Waals surface area contributed by atoms with E-state index in [4.69, 9.17) is 0 Å². The highest BCUT2D eigenvalue weighted by Crippen LogP contribution is 2.27. The monoisotopic (exact) mass is 195 g/mol. The van der Waals surface area contributed by atoms with Crippen molar-refractivity contribution in [3.63, 3.8) is 0 Å². The quantitative estimate of drug-likeness (QED) is 0.682. The Morgan fingerprint density at radius 2 is 2.08 bits per heavy atom. The summed E-state index contributed by atoms with van der Waals surface area (Å²) in [6.07, 6.45) is 6.65. The Labute approximate surface area is 83.0 Å². The standard InChI is InChI=1S/C10H13NOS/c12-10-7-9(13)5-6-11(10)8-3-1-2-4-8/h5-8,13H,1-4H2. The molecule has 0 atom stereocenters. The minimum absolute atomic E-state index is 0.0828. The van der Waals surface area contributed by atoms with Gasteiger partial charge in [-0.25, -0.2) is 0 Å². The molecule has 1 aliphatic rings. The molecular formula is C10H13NOS. The molecule has 0 aromatic carbocycles. The number of rotatable bonds is 1. The van der Waals surface area contributed by atoms with Gasteiger partial charge in [-0.15, -0.1) is 12.6 Å². The summed E-state index contributed by atoms with van der Waals surface area (Å²) in [4.78, 5) is 12.3. The lowest BCUT2D eigenvalue weighted by Gasteiger charge is -2.12. The van der Waals surface area contributed by atoms with E-state index >= 15 is 0 Å². The second-order valence-corrected chi connectivity index (χ2v) is 4.09. The zero-order valence-electron chi connectivity index (χ0n) is 7.44. The van der Waals surface area contributed by atoms with Crippen LogP contribution in [0.4, 0.5) is 0 Å². The summed E-state index contributed by atoms with van der Waals surface area (Å²) >= 11 is 4.13. The highest BCUT2D eigenvalue weighted by Gasteiger charge is 2.16. The van der Waals surface area contributed by atoms with Crippen molar-refractivity contribution >= 4 is 12.6 Å².